The SMILES string of the molecule is C[C@]1(C(=O)O)CC=CC[C@@H]1C(=O)NCc1ccccc1. The Labute approximate surface area is 118 Å². The van der Waals surface area contributed by atoms with E-state index in [0.29, 0.717) is 19.4 Å². The monoisotopic (exact) mass is 273 g/mol. The van der Waals surface area contributed by atoms with Gasteiger partial charge in [0.05, 0.1) is 11.3 Å². The molecule has 0 bridgehead atoms. The second kappa shape index (κ2) is 5.90. The Kier molecular flexibility index (Phi) is 4.23. The van der Waals surface area contributed by atoms with Crippen molar-refractivity contribution in [1.29, 1.82) is 0 Å². The first kappa shape index (κ1) is 14.3. The van der Waals surface area contributed by atoms with E-state index in [4.69, 9.17) is 0 Å². The number of rotatable bonds is 4. The molecule has 0 aliphatic heterocycles. The van der Waals surface area contributed by atoms with E-state index in [1.165, 1.54) is 0 Å². The van der Waals surface area contributed by atoms with Gasteiger partial charge in [-0.25, -0.2) is 0 Å². The standard InChI is InChI=1S/C16H19NO3/c1-16(15(19)20)10-6-5-9-13(16)14(18)17-11-12-7-3-2-4-8-12/h2-8,13H,9-11H2,1H3,(H,17,18)(H,19,20)/t13-,16+/m1/s1. The van der Waals surface area contributed by atoms with Crippen molar-refractivity contribution in [3.05, 3.63) is 48.0 Å². The van der Waals surface area contributed by atoms with Crippen molar-refractivity contribution in [3.63, 3.8) is 0 Å². The molecule has 2 N–H and O–H groups in total. The molecule has 0 saturated heterocycles. The quantitative estimate of drug-likeness (QED) is 0.828. The summed E-state index contributed by atoms with van der Waals surface area (Å²) in [7, 11) is 0. The highest BCUT2D eigenvalue weighted by atomic mass is 16.4. The smallest absolute Gasteiger partial charge is 0.310 e. The highest BCUT2D eigenvalue weighted by Crippen LogP contribution is 2.38. The van der Waals surface area contributed by atoms with Gasteiger partial charge in [-0.2, -0.15) is 0 Å². The average molecular weight is 273 g/mol. The lowest BCUT2D eigenvalue weighted by Gasteiger charge is -2.34. The number of hydrogen-bond donors (Lipinski definition) is 2. The zero-order chi connectivity index (χ0) is 14.6. The van der Waals surface area contributed by atoms with Gasteiger partial charge in [-0.1, -0.05) is 42.5 Å². The van der Waals surface area contributed by atoms with E-state index in [9.17, 15) is 14.7 Å². The van der Waals surface area contributed by atoms with Gasteiger partial charge in [0.2, 0.25) is 5.91 Å². The number of carbonyl (C=O) groups excluding carboxylic acids is 1. The maximum atomic E-state index is 12.3. The van der Waals surface area contributed by atoms with Crippen LogP contribution in [0.4, 0.5) is 0 Å². The average Bonchev–Trinajstić information content (AvgIpc) is 2.46. The molecule has 20 heavy (non-hydrogen) atoms. The normalized spacial score (nSPS) is 25.1. The zero-order valence-electron chi connectivity index (χ0n) is 11.5. The third-order valence-electron chi connectivity index (χ3n) is 3.96. The van der Waals surface area contributed by atoms with Gasteiger partial charge >= 0.3 is 5.97 Å². The van der Waals surface area contributed by atoms with Crippen molar-refractivity contribution in [2.75, 3.05) is 0 Å². The lowest BCUT2D eigenvalue weighted by molar-refractivity contribution is -0.155. The minimum atomic E-state index is -1.02. The van der Waals surface area contributed by atoms with E-state index in [-0.39, 0.29) is 5.91 Å². The molecule has 2 atom stereocenters. The maximum absolute atomic E-state index is 12.3. The highest BCUT2D eigenvalue weighted by Gasteiger charge is 2.45. The Bertz CT molecular complexity index is 524. The molecule has 1 aromatic carbocycles. The second-order valence-electron chi connectivity index (χ2n) is 5.39. The summed E-state index contributed by atoms with van der Waals surface area (Å²) in [4.78, 5) is 23.7. The maximum Gasteiger partial charge on any atom is 0.310 e. The Morgan fingerprint density at radius 2 is 2.00 bits per heavy atom. The van der Waals surface area contributed by atoms with Crippen LogP contribution < -0.4 is 5.32 Å². The Hall–Kier alpha value is -2.10. The van der Waals surface area contributed by atoms with Crippen molar-refractivity contribution in [3.8, 4) is 0 Å². The summed E-state index contributed by atoms with van der Waals surface area (Å²) in [6.45, 7) is 2.07. The molecule has 4 heteroatoms. The molecular weight excluding hydrogens is 254 g/mol. The van der Waals surface area contributed by atoms with Gasteiger partial charge in [0.25, 0.3) is 0 Å². The number of benzene rings is 1. The molecule has 1 aliphatic carbocycles. The van der Waals surface area contributed by atoms with Crippen molar-refractivity contribution in [1.82, 2.24) is 5.32 Å². The number of aliphatic carboxylic acids is 1. The molecule has 1 aromatic rings. The predicted octanol–water partition coefficient (Wildman–Crippen LogP) is 2.36. The number of amides is 1. The summed E-state index contributed by atoms with van der Waals surface area (Å²) < 4.78 is 0. The molecule has 0 unspecified atom stereocenters. The predicted molar refractivity (Wildman–Crippen MR) is 75.9 cm³/mol. The summed E-state index contributed by atoms with van der Waals surface area (Å²) in [5, 5.41) is 12.2. The number of carboxylic acid groups (broad SMARTS) is 1. The third kappa shape index (κ3) is 2.90. The minimum absolute atomic E-state index is 0.192. The first-order valence-corrected chi connectivity index (χ1v) is 6.74. The summed E-state index contributed by atoms with van der Waals surface area (Å²) in [6.07, 6.45) is 4.60. The van der Waals surface area contributed by atoms with E-state index < -0.39 is 17.3 Å². The lowest BCUT2D eigenvalue weighted by atomic mass is 9.69. The van der Waals surface area contributed by atoms with Crippen LogP contribution in [0.15, 0.2) is 42.5 Å². The number of nitrogens with one attached hydrogen (secondary N) is 1. The van der Waals surface area contributed by atoms with Crippen molar-refractivity contribution in [2.24, 2.45) is 11.3 Å². The van der Waals surface area contributed by atoms with Crippen LogP contribution in [0.3, 0.4) is 0 Å². The van der Waals surface area contributed by atoms with E-state index in [1.807, 2.05) is 42.5 Å². The van der Waals surface area contributed by atoms with Gasteiger partial charge in [-0.3, -0.25) is 9.59 Å². The van der Waals surface area contributed by atoms with Crippen LogP contribution in [0, 0.1) is 11.3 Å². The summed E-state index contributed by atoms with van der Waals surface area (Å²) >= 11 is 0. The van der Waals surface area contributed by atoms with Crippen LogP contribution in [0.1, 0.15) is 25.3 Å². The molecule has 0 saturated carbocycles. The molecule has 0 radical (unpaired) electrons. The zero-order valence-corrected chi connectivity index (χ0v) is 11.5. The van der Waals surface area contributed by atoms with Crippen LogP contribution in [0.5, 0.6) is 0 Å². The fourth-order valence-electron chi connectivity index (χ4n) is 2.50. The lowest BCUT2D eigenvalue weighted by Crippen LogP contribution is -2.45. The molecule has 0 aromatic heterocycles. The van der Waals surface area contributed by atoms with Gasteiger partial charge in [-0.15, -0.1) is 0 Å². The molecule has 1 amide bonds. The molecule has 0 heterocycles. The van der Waals surface area contributed by atoms with Crippen molar-refractivity contribution in [2.45, 2.75) is 26.3 Å². The molecule has 106 valence electrons. The summed E-state index contributed by atoms with van der Waals surface area (Å²) in [5.41, 5.74) is -0.0144. The topological polar surface area (TPSA) is 66.4 Å². The second-order valence-corrected chi connectivity index (χ2v) is 5.39. The Balaban J connectivity index is 2.04. The van der Waals surface area contributed by atoms with Crippen LogP contribution in [0.2, 0.25) is 0 Å². The van der Waals surface area contributed by atoms with Gasteiger partial charge in [-0.05, 0) is 25.3 Å². The fourth-order valence-corrected chi connectivity index (χ4v) is 2.50. The highest BCUT2D eigenvalue weighted by molar-refractivity contribution is 5.87. The molecule has 1 aliphatic rings. The fraction of sp³-hybridized carbons (Fsp3) is 0.375. The molecular formula is C16H19NO3. The number of hydrogen-bond acceptors (Lipinski definition) is 2. The molecule has 0 spiro atoms. The van der Waals surface area contributed by atoms with E-state index in [2.05, 4.69) is 5.32 Å². The molecule has 4 nitrogen and oxygen atoms in total. The van der Waals surface area contributed by atoms with Crippen LogP contribution in [-0.4, -0.2) is 17.0 Å². The van der Waals surface area contributed by atoms with Gasteiger partial charge in [0.1, 0.15) is 0 Å². The largest absolute Gasteiger partial charge is 0.481 e. The number of carbonyl (C=O) groups is 2. The van der Waals surface area contributed by atoms with Gasteiger partial charge in [0, 0.05) is 6.54 Å². The number of allylic oxidation sites excluding steroid dienone is 2. The van der Waals surface area contributed by atoms with E-state index >= 15 is 0 Å². The first-order chi connectivity index (χ1) is 9.54. The summed E-state index contributed by atoms with van der Waals surface area (Å²) in [5.74, 6) is -1.63. The van der Waals surface area contributed by atoms with E-state index in [1.54, 1.807) is 6.92 Å². The minimum Gasteiger partial charge on any atom is -0.481 e. The molecule has 0 fully saturated rings. The third-order valence-corrected chi connectivity index (χ3v) is 3.96. The van der Waals surface area contributed by atoms with Crippen LogP contribution in [0.25, 0.3) is 0 Å². The Morgan fingerprint density at radius 3 is 2.65 bits per heavy atom. The summed E-state index contributed by atoms with van der Waals surface area (Å²) in [6, 6.07) is 9.59. The van der Waals surface area contributed by atoms with Crippen LogP contribution in [-0.2, 0) is 16.1 Å². The van der Waals surface area contributed by atoms with Gasteiger partial charge < -0.3 is 10.4 Å². The molecule has 2 rings (SSSR count). The Morgan fingerprint density at radius 1 is 1.30 bits per heavy atom. The van der Waals surface area contributed by atoms with Crippen LogP contribution >= 0.6 is 0 Å². The van der Waals surface area contributed by atoms with E-state index in [0.717, 1.165) is 5.56 Å². The number of carboxylic acids is 1. The van der Waals surface area contributed by atoms with Crippen molar-refractivity contribution >= 4 is 11.9 Å². The van der Waals surface area contributed by atoms with Gasteiger partial charge in [0.15, 0.2) is 0 Å². The first-order valence-electron chi connectivity index (χ1n) is 6.74. The van der Waals surface area contributed by atoms with Crippen molar-refractivity contribution < 1.29 is 14.7 Å².